The zero-order chi connectivity index (χ0) is 17.1. The fourth-order valence-electron chi connectivity index (χ4n) is 2.59. The molecule has 24 heavy (non-hydrogen) atoms. The third-order valence-corrected chi connectivity index (χ3v) is 4.03. The molecular formula is C16H21N5O3. The minimum absolute atomic E-state index is 0.00846. The van der Waals surface area contributed by atoms with Crippen LogP contribution in [-0.4, -0.2) is 59.9 Å². The Balaban J connectivity index is 1.69. The van der Waals surface area contributed by atoms with Gasteiger partial charge in [0.05, 0.1) is 25.3 Å². The van der Waals surface area contributed by atoms with Crippen molar-refractivity contribution in [2.45, 2.75) is 19.4 Å². The molecule has 1 aliphatic heterocycles. The number of pyridine rings is 1. The standard InChI is InChI=1S/C16H21N5O3/c1-11-13(19-24-18-11)9-16(22)21-7-8-23-14(10-21)12-5-4-6-15(17-12)20(2)3/h4-6,14H,7-10H2,1-3H3/t14-/m0/s1. The largest absolute Gasteiger partial charge is 0.368 e. The van der Waals surface area contributed by atoms with Gasteiger partial charge in [0.15, 0.2) is 0 Å². The molecule has 0 N–H and O–H groups in total. The minimum atomic E-state index is -0.223. The summed E-state index contributed by atoms with van der Waals surface area (Å²) in [5.74, 6) is 0.856. The van der Waals surface area contributed by atoms with Gasteiger partial charge in [-0.25, -0.2) is 9.61 Å². The topological polar surface area (TPSA) is 84.6 Å². The van der Waals surface area contributed by atoms with Crippen molar-refractivity contribution in [2.24, 2.45) is 0 Å². The minimum Gasteiger partial charge on any atom is -0.368 e. The number of ether oxygens (including phenoxy) is 1. The van der Waals surface area contributed by atoms with Crippen LogP contribution < -0.4 is 4.90 Å². The fourth-order valence-corrected chi connectivity index (χ4v) is 2.59. The molecule has 0 unspecified atom stereocenters. The van der Waals surface area contributed by atoms with E-state index in [9.17, 15) is 4.79 Å². The van der Waals surface area contributed by atoms with E-state index in [1.54, 1.807) is 11.8 Å². The first-order valence-corrected chi connectivity index (χ1v) is 7.86. The second kappa shape index (κ2) is 6.96. The summed E-state index contributed by atoms with van der Waals surface area (Å²) in [6.45, 7) is 3.30. The number of hydrogen-bond acceptors (Lipinski definition) is 7. The summed E-state index contributed by atoms with van der Waals surface area (Å²) >= 11 is 0. The van der Waals surface area contributed by atoms with Crippen LogP contribution in [0, 0.1) is 6.92 Å². The van der Waals surface area contributed by atoms with Gasteiger partial charge in [-0.1, -0.05) is 16.4 Å². The van der Waals surface area contributed by atoms with Crippen LogP contribution in [0.5, 0.6) is 0 Å². The first-order chi connectivity index (χ1) is 11.5. The van der Waals surface area contributed by atoms with Crippen LogP contribution in [0.15, 0.2) is 22.8 Å². The van der Waals surface area contributed by atoms with Gasteiger partial charge in [-0.05, 0) is 19.1 Å². The van der Waals surface area contributed by atoms with Crippen molar-refractivity contribution in [1.82, 2.24) is 20.2 Å². The highest BCUT2D eigenvalue weighted by atomic mass is 16.6. The highest BCUT2D eigenvalue weighted by Gasteiger charge is 2.27. The lowest BCUT2D eigenvalue weighted by molar-refractivity contribution is -0.138. The van der Waals surface area contributed by atoms with E-state index in [1.807, 2.05) is 37.2 Å². The Hall–Kier alpha value is -2.48. The summed E-state index contributed by atoms with van der Waals surface area (Å²) in [6.07, 6.45) is -0.0353. The van der Waals surface area contributed by atoms with E-state index in [1.165, 1.54) is 0 Å². The van der Waals surface area contributed by atoms with Crippen molar-refractivity contribution >= 4 is 11.7 Å². The molecule has 3 rings (SSSR count). The Morgan fingerprint density at radius 2 is 2.21 bits per heavy atom. The van der Waals surface area contributed by atoms with Gasteiger partial charge in [0.2, 0.25) is 5.91 Å². The molecule has 8 heteroatoms. The highest BCUT2D eigenvalue weighted by molar-refractivity contribution is 5.78. The van der Waals surface area contributed by atoms with Crippen LogP contribution in [-0.2, 0) is 16.0 Å². The van der Waals surface area contributed by atoms with Crippen LogP contribution in [0.2, 0.25) is 0 Å². The number of rotatable bonds is 4. The van der Waals surface area contributed by atoms with Crippen LogP contribution in [0.3, 0.4) is 0 Å². The molecule has 1 amide bonds. The van der Waals surface area contributed by atoms with Gasteiger partial charge < -0.3 is 14.5 Å². The molecule has 2 aromatic heterocycles. The maximum absolute atomic E-state index is 12.5. The van der Waals surface area contributed by atoms with Crippen molar-refractivity contribution in [3.63, 3.8) is 0 Å². The third-order valence-electron chi connectivity index (χ3n) is 4.03. The van der Waals surface area contributed by atoms with Crippen molar-refractivity contribution in [2.75, 3.05) is 38.7 Å². The smallest absolute Gasteiger partial charge is 0.228 e. The number of anilines is 1. The van der Waals surface area contributed by atoms with E-state index < -0.39 is 0 Å². The number of morpholine rings is 1. The molecule has 0 bridgehead atoms. The first-order valence-electron chi connectivity index (χ1n) is 7.86. The molecule has 1 aliphatic rings. The zero-order valence-corrected chi connectivity index (χ0v) is 14.1. The molecule has 1 saturated heterocycles. The van der Waals surface area contributed by atoms with Crippen LogP contribution in [0.1, 0.15) is 23.2 Å². The number of nitrogens with zero attached hydrogens (tertiary/aromatic N) is 5. The molecule has 0 saturated carbocycles. The summed E-state index contributed by atoms with van der Waals surface area (Å²) in [6, 6.07) is 5.82. The Bertz CT molecular complexity index is 715. The van der Waals surface area contributed by atoms with Crippen molar-refractivity contribution in [1.29, 1.82) is 0 Å². The van der Waals surface area contributed by atoms with Crippen LogP contribution in [0.4, 0.5) is 5.82 Å². The number of aromatic nitrogens is 3. The molecule has 8 nitrogen and oxygen atoms in total. The second-order valence-corrected chi connectivity index (χ2v) is 5.99. The van der Waals surface area contributed by atoms with Gasteiger partial charge in [-0.2, -0.15) is 0 Å². The van der Waals surface area contributed by atoms with Gasteiger partial charge in [0.1, 0.15) is 23.3 Å². The highest BCUT2D eigenvalue weighted by Crippen LogP contribution is 2.23. The average Bonchev–Trinajstić information content (AvgIpc) is 3.00. The SMILES string of the molecule is Cc1nonc1CC(=O)N1CCO[C@H](c2cccc(N(C)C)n2)C1. The lowest BCUT2D eigenvalue weighted by atomic mass is 10.1. The van der Waals surface area contributed by atoms with Gasteiger partial charge >= 0.3 is 0 Å². The molecular weight excluding hydrogens is 310 g/mol. The lowest BCUT2D eigenvalue weighted by Gasteiger charge is -2.33. The lowest BCUT2D eigenvalue weighted by Crippen LogP contribution is -2.43. The number of amides is 1. The monoisotopic (exact) mass is 331 g/mol. The van der Waals surface area contributed by atoms with E-state index in [-0.39, 0.29) is 18.4 Å². The van der Waals surface area contributed by atoms with E-state index in [2.05, 4.69) is 19.9 Å². The maximum atomic E-state index is 12.5. The van der Waals surface area contributed by atoms with Gasteiger partial charge in [-0.15, -0.1) is 0 Å². The Morgan fingerprint density at radius 1 is 1.38 bits per heavy atom. The second-order valence-electron chi connectivity index (χ2n) is 5.99. The van der Waals surface area contributed by atoms with E-state index in [0.717, 1.165) is 11.5 Å². The third kappa shape index (κ3) is 3.53. The molecule has 1 atom stereocenters. The molecule has 1 fully saturated rings. The average molecular weight is 331 g/mol. The predicted octanol–water partition coefficient (Wildman–Crippen LogP) is 0.982. The summed E-state index contributed by atoms with van der Waals surface area (Å²) in [7, 11) is 3.88. The van der Waals surface area contributed by atoms with Gasteiger partial charge in [-0.3, -0.25) is 4.79 Å². The number of carbonyl (C=O) groups excluding carboxylic acids is 1. The molecule has 3 heterocycles. The van der Waals surface area contributed by atoms with Crippen LogP contribution in [0.25, 0.3) is 0 Å². The fraction of sp³-hybridized carbons (Fsp3) is 0.500. The normalized spacial score (nSPS) is 17.8. The van der Waals surface area contributed by atoms with Gasteiger partial charge in [0, 0.05) is 20.6 Å². The summed E-state index contributed by atoms with van der Waals surface area (Å²) in [5, 5.41) is 7.48. The number of hydrogen-bond donors (Lipinski definition) is 0. The van der Waals surface area contributed by atoms with Crippen LogP contribution >= 0.6 is 0 Å². The molecule has 0 aliphatic carbocycles. The quantitative estimate of drug-likeness (QED) is 0.825. The summed E-state index contributed by atoms with van der Waals surface area (Å²) < 4.78 is 10.5. The number of carbonyl (C=O) groups is 1. The Kier molecular flexibility index (Phi) is 4.75. The molecule has 128 valence electrons. The maximum Gasteiger partial charge on any atom is 0.228 e. The molecule has 2 aromatic rings. The van der Waals surface area contributed by atoms with E-state index >= 15 is 0 Å². The molecule has 0 spiro atoms. The molecule has 0 radical (unpaired) electrons. The first kappa shape index (κ1) is 16.4. The van der Waals surface area contributed by atoms with E-state index in [0.29, 0.717) is 31.1 Å². The van der Waals surface area contributed by atoms with Crippen molar-refractivity contribution in [3.8, 4) is 0 Å². The van der Waals surface area contributed by atoms with Crippen molar-refractivity contribution < 1.29 is 14.2 Å². The van der Waals surface area contributed by atoms with E-state index in [4.69, 9.17) is 4.74 Å². The summed E-state index contributed by atoms with van der Waals surface area (Å²) in [5.41, 5.74) is 2.06. The molecule has 0 aromatic carbocycles. The predicted molar refractivity (Wildman–Crippen MR) is 86.6 cm³/mol. The Morgan fingerprint density at radius 3 is 2.92 bits per heavy atom. The zero-order valence-electron chi connectivity index (χ0n) is 14.1. The summed E-state index contributed by atoms with van der Waals surface area (Å²) in [4.78, 5) is 20.8. The van der Waals surface area contributed by atoms with Crippen molar-refractivity contribution in [3.05, 3.63) is 35.3 Å². The number of aryl methyl sites for hydroxylation is 1. The van der Waals surface area contributed by atoms with Gasteiger partial charge in [0.25, 0.3) is 0 Å². The Labute approximate surface area is 140 Å².